The summed E-state index contributed by atoms with van der Waals surface area (Å²) in [7, 11) is 0. The van der Waals surface area contributed by atoms with E-state index in [0.717, 1.165) is 6.42 Å². The summed E-state index contributed by atoms with van der Waals surface area (Å²) in [4.78, 5) is 0. The quantitative estimate of drug-likeness (QED) is 0.478. The van der Waals surface area contributed by atoms with Crippen LogP contribution in [0.25, 0.3) is 0 Å². The molecule has 0 bridgehead atoms. The Balaban J connectivity index is 2.52. The Bertz CT molecular complexity index is 414. The monoisotopic (exact) mass is 286 g/mol. The van der Waals surface area contributed by atoms with Crippen LogP contribution >= 0.6 is 0 Å². The summed E-state index contributed by atoms with van der Waals surface area (Å²) in [6.45, 7) is 5.22. The molecule has 1 aromatic carbocycles. The number of hydrogen-bond acceptors (Lipinski definition) is 5. The molecule has 1 rings (SSSR count). The second kappa shape index (κ2) is 8.60. The largest absolute Gasteiger partial charge is 0.488 e. The van der Waals surface area contributed by atoms with Gasteiger partial charge in [-0.25, -0.2) is 4.39 Å². The number of rotatable bonds is 9. The first-order valence-corrected chi connectivity index (χ1v) is 6.72. The van der Waals surface area contributed by atoms with Gasteiger partial charge in [-0.1, -0.05) is 0 Å². The predicted octanol–water partition coefficient (Wildman–Crippen LogP) is 2.01. The number of nitrogens with two attached hydrogens (primary N) is 1. The lowest BCUT2D eigenvalue weighted by Gasteiger charge is -2.15. The number of hydrogen-bond donors (Lipinski definition) is 3. The molecule has 0 aliphatic rings. The first kappa shape index (κ1) is 16.5. The lowest BCUT2D eigenvalue weighted by atomic mass is 10.2. The summed E-state index contributed by atoms with van der Waals surface area (Å²) in [5.74, 6) is -0.277. The lowest BCUT2D eigenvalue weighted by molar-refractivity contribution is 0.0922. The Morgan fingerprint density at radius 3 is 2.75 bits per heavy atom. The molecule has 0 aromatic heterocycles. The van der Waals surface area contributed by atoms with Crippen molar-refractivity contribution in [3.63, 3.8) is 0 Å². The highest BCUT2D eigenvalue weighted by atomic mass is 19.1. The Kier molecular flexibility index (Phi) is 7.11. The van der Waals surface area contributed by atoms with Gasteiger partial charge in [-0.3, -0.25) is 0 Å². The molecule has 0 saturated heterocycles. The van der Waals surface area contributed by atoms with E-state index in [9.17, 15) is 4.39 Å². The minimum Gasteiger partial charge on any atom is -0.488 e. The molecule has 6 heteroatoms. The van der Waals surface area contributed by atoms with E-state index >= 15 is 0 Å². The van der Waals surface area contributed by atoms with E-state index in [1.807, 2.05) is 13.8 Å². The number of anilines is 2. The minimum absolute atomic E-state index is 0.0221. The van der Waals surface area contributed by atoms with E-state index in [0.29, 0.717) is 31.1 Å². The van der Waals surface area contributed by atoms with Crippen molar-refractivity contribution in [1.29, 1.82) is 0 Å². The van der Waals surface area contributed by atoms with Gasteiger partial charge in [0.15, 0.2) is 11.6 Å². The standard InChI is InChI=1S/C14H23FN2O3/c1-10(2)20-14-9-13(12(16)8-11(14)15)17-4-3-6-19-7-5-18/h8-10,17-18H,3-7,16H2,1-2H3. The molecule has 0 spiro atoms. The van der Waals surface area contributed by atoms with Crippen LogP contribution in [0.3, 0.4) is 0 Å². The van der Waals surface area contributed by atoms with Gasteiger partial charge in [0.05, 0.1) is 30.7 Å². The van der Waals surface area contributed by atoms with E-state index in [1.165, 1.54) is 6.07 Å². The topological polar surface area (TPSA) is 76.7 Å². The molecule has 1 aromatic rings. The first-order valence-electron chi connectivity index (χ1n) is 6.72. The van der Waals surface area contributed by atoms with Crippen LogP contribution in [-0.2, 0) is 4.74 Å². The zero-order valence-electron chi connectivity index (χ0n) is 12.0. The fourth-order valence-corrected chi connectivity index (χ4v) is 1.63. The minimum atomic E-state index is -0.465. The molecule has 114 valence electrons. The maximum atomic E-state index is 13.6. The third kappa shape index (κ3) is 5.63. The van der Waals surface area contributed by atoms with Gasteiger partial charge in [0.1, 0.15) is 0 Å². The van der Waals surface area contributed by atoms with Crippen molar-refractivity contribution >= 4 is 11.4 Å². The molecule has 0 atom stereocenters. The van der Waals surface area contributed by atoms with E-state index in [4.69, 9.17) is 20.3 Å². The van der Waals surface area contributed by atoms with Gasteiger partial charge in [-0.2, -0.15) is 0 Å². The van der Waals surface area contributed by atoms with Crippen LogP contribution < -0.4 is 15.8 Å². The van der Waals surface area contributed by atoms with E-state index in [2.05, 4.69) is 5.32 Å². The first-order chi connectivity index (χ1) is 9.54. The molecule has 0 unspecified atom stereocenters. The Morgan fingerprint density at radius 1 is 1.35 bits per heavy atom. The molecular weight excluding hydrogens is 263 g/mol. The molecule has 5 nitrogen and oxygen atoms in total. The molecule has 0 heterocycles. The van der Waals surface area contributed by atoms with Crippen LogP contribution in [0.1, 0.15) is 20.3 Å². The number of aliphatic hydroxyl groups is 1. The number of ether oxygens (including phenoxy) is 2. The number of benzene rings is 1. The number of nitrogens with one attached hydrogen (secondary N) is 1. The number of aliphatic hydroxyl groups excluding tert-OH is 1. The Labute approximate surface area is 118 Å². The number of halogens is 1. The van der Waals surface area contributed by atoms with Crippen molar-refractivity contribution < 1.29 is 19.0 Å². The van der Waals surface area contributed by atoms with Crippen molar-refractivity contribution in [3.05, 3.63) is 17.9 Å². The van der Waals surface area contributed by atoms with Gasteiger partial charge in [-0.05, 0) is 20.3 Å². The SMILES string of the molecule is CC(C)Oc1cc(NCCCOCCO)c(N)cc1F. The maximum absolute atomic E-state index is 13.6. The average Bonchev–Trinajstić information content (AvgIpc) is 2.38. The van der Waals surface area contributed by atoms with Crippen LogP contribution in [-0.4, -0.2) is 37.6 Å². The van der Waals surface area contributed by atoms with Gasteiger partial charge < -0.3 is 25.6 Å². The van der Waals surface area contributed by atoms with Gasteiger partial charge in [0.25, 0.3) is 0 Å². The molecule has 20 heavy (non-hydrogen) atoms. The van der Waals surface area contributed by atoms with E-state index < -0.39 is 5.82 Å². The molecule has 0 aliphatic carbocycles. The molecule has 0 amide bonds. The summed E-state index contributed by atoms with van der Waals surface area (Å²) in [5, 5.41) is 11.7. The third-order valence-electron chi connectivity index (χ3n) is 2.48. The summed E-state index contributed by atoms with van der Waals surface area (Å²) in [6, 6.07) is 2.82. The number of nitrogen functional groups attached to an aromatic ring is 1. The smallest absolute Gasteiger partial charge is 0.167 e. The van der Waals surface area contributed by atoms with Crippen LogP contribution in [0.15, 0.2) is 12.1 Å². The summed E-state index contributed by atoms with van der Waals surface area (Å²) in [6.07, 6.45) is 0.657. The highest BCUT2D eigenvalue weighted by Gasteiger charge is 2.10. The highest BCUT2D eigenvalue weighted by Crippen LogP contribution is 2.28. The van der Waals surface area contributed by atoms with E-state index in [1.54, 1.807) is 6.07 Å². The second-order valence-electron chi connectivity index (χ2n) is 4.65. The van der Waals surface area contributed by atoms with Gasteiger partial charge >= 0.3 is 0 Å². The fourth-order valence-electron chi connectivity index (χ4n) is 1.63. The van der Waals surface area contributed by atoms with Crippen molar-refractivity contribution in [2.75, 3.05) is 37.4 Å². The predicted molar refractivity (Wildman–Crippen MR) is 77.6 cm³/mol. The second-order valence-corrected chi connectivity index (χ2v) is 4.65. The fraction of sp³-hybridized carbons (Fsp3) is 0.571. The lowest BCUT2D eigenvalue weighted by Crippen LogP contribution is -2.11. The molecule has 0 aliphatic heterocycles. The Hall–Kier alpha value is -1.53. The average molecular weight is 286 g/mol. The van der Waals surface area contributed by atoms with Crippen molar-refractivity contribution in [2.45, 2.75) is 26.4 Å². The van der Waals surface area contributed by atoms with Crippen LogP contribution in [0, 0.1) is 5.82 Å². The van der Waals surface area contributed by atoms with Crippen molar-refractivity contribution in [3.8, 4) is 5.75 Å². The van der Waals surface area contributed by atoms with Gasteiger partial charge in [0.2, 0.25) is 0 Å². The van der Waals surface area contributed by atoms with Gasteiger partial charge in [-0.15, -0.1) is 0 Å². The van der Waals surface area contributed by atoms with Crippen LogP contribution in [0.2, 0.25) is 0 Å². The van der Waals surface area contributed by atoms with Crippen LogP contribution in [0.5, 0.6) is 5.75 Å². The van der Waals surface area contributed by atoms with Crippen LogP contribution in [0.4, 0.5) is 15.8 Å². The zero-order valence-corrected chi connectivity index (χ0v) is 12.0. The summed E-state index contributed by atoms with van der Waals surface area (Å²) >= 11 is 0. The molecule has 0 radical (unpaired) electrons. The van der Waals surface area contributed by atoms with Gasteiger partial charge in [0, 0.05) is 25.3 Å². The van der Waals surface area contributed by atoms with Crippen molar-refractivity contribution in [1.82, 2.24) is 0 Å². The molecular formula is C14H23FN2O3. The highest BCUT2D eigenvalue weighted by molar-refractivity contribution is 5.68. The maximum Gasteiger partial charge on any atom is 0.167 e. The normalized spacial score (nSPS) is 10.8. The summed E-state index contributed by atoms with van der Waals surface area (Å²) in [5.41, 5.74) is 6.75. The van der Waals surface area contributed by atoms with Crippen molar-refractivity contribution in [2.24, 2.45) is 0 Å². The summed E-state index contributed by atoms with van der Waals surface area (Å²) < 4.78 is 24.2. The molecule has 4 N–H and O–H groups in total. The molecule has 0 fully saturated rings. The molecule has 0 saturated carbocycles. The van der Waals surface area contributed by atoms with E-state index in [-0.39, 0.29) is 18.5 Å². The Morgan fingerprint density at radius 2 is 2.10 bits per heavy atom. The zero-order chi connectivity index (χ0) is 15.0. The third-order valence-corrected chi connectivity index (χ3v) is 2.48.